The maximum atomic E-state index is 13.7. The van der Waals surface area contributed by atoms with Gasteiger partial charge in [0, 0.05) is 25.3 Å². The fourth-order valence-corrected chi connectivity index (χ4v) is 5.61. The molecule has 54 heavy (non-hydrogen) atoms. The zero-order chi connectivity index (χ0) is 38.4. The van der Waals surface area contributed by atoms with E-state index in [4.69, 9.17) is 28.4 Å². The van der Waals surface area contributed by atoms with Gasteiger partial charge < -0.3 is 49.3 Å². The second-order valence-electron chi connectivity index (χ2n) is 12.5. The molecule has 0 aliphatic heterocycles. The fourth-order valence-electron chi connectivity index (χ4n) is 5.61. The molecule has 290 valence electrons. The van der Waals surface area contributed by atoms with Gasteiger partial charge in [-0.1, -0.05) is 72.8 Å². The van der Waals surface area contributed by atoms with E-state index in [1.54, 1.807) is 62.8 Å². The van der Waals surface area contributed by atoms with Gasteiger partial charge >= 0.3 is 0 Å². The fraction of sp³-hybridized carbons (Fsp3) is 0.381. The first-order valence-electron chi connectivity index (χ1n) is 18.0. The first kappa shape index (κ1) is 41.9. The highest BCUT2D eigenvalue weighted by Gasteiger charge is 2.35. The van der Waals surface area contributed by atoms with Gasteiger partial charge in [-0.25, -0.2) is 0 Å². The predicted octanol–water partition coefficient (Wildman–Crippen LogP) is 3.87. The molecule has 0 spiro atoms. The summed E-state index contributed by atoms with van der Waals surface area (Å²) in [6.07, 6.45) is -2.56. The molecule has 12 heteroatoms. The Labute approximate surface area is 317 Å². The van der Waals surface area contributed by atoms with Crippen molar-refractivity contribution < 1.29 is 48.2 Å². The summed E-state index contributed by atoms with van der Waals surface area (Å²) in [5.41, 5.74) is 2.30. The molecular weight excluding hydrogens is 692 g/mol. The average Bonchev–Trinajstić information content (AvgIpc) is 3.20. The van der Waals surface area contributed by atoms with Gasteiger partial charge in [-0.2, -0.15) is 0 Å². The van der Waals surface area contributed by atoms with Crippen LogP contribution in [0.5, 0.6) is 11.5 Å². The number of methoxy groups -OCH3 is 2. The first-order valence-corrected chi connectivity index (χ1v) is 18.0. The van der Waals surface area contributed by atoms with Crippen molar-refractivity contribution >= 4 is 11.8 Å². The van der Waals surface area contributed by atoms with E-state index in [1.807, 2.05) is 60.7 Å². The summed E-state index contributed by atoms with van der Waals surface area (Å²) in [6.45, 7) is 3.14. The second kappa shape index (κ2) is 23.8. The number of hydrogen-bond acceptors (Lipinski definition) is 10. The molecule has 0 radical (unpaired) electrons. The molecule has 0 saturated carbocycles. The molecule has 4 rings (SSSR count). The zero-order valence-electron chi connectivity index (χ0n) is 30.9. The number of amides is 2. The molecule has 4 aromatic rings. The van der Waals surface area contributed by atoms with Crippen molar-refractivity contribution in [3.05, 3.63) is 131 Å². The van der Waals surface area contributed by atoms with Crippen molar-refractivity contribution in [1.82, 2.24) is 10.6 Å². The van der Waals surface area contributed by atoms with Crippen molar-refractivity contribution in [3.63, 3.8) is 0 Å². The molecule has 4 aromatic carbocycles. The van der Waals surface area contributed by atoms with Crippen LogP contribution in [-0.4, -0.2) is 113 Å². The van der Waals surface area contributed by atoms with Gasteiger partial charge in [-0.3, -0.25) is 9.59 Å². The molecule has 0 aromatic heterocycles. The van der Waals surface area contributed by atoms with Crippen LogP contribution in [0.15, 0.2) is 109 Å². The third kappa shape index (κ3) is 14.5. The van der Waals surface area contributed by atoms with Crippen LogP contribution < -0.4 is 20.1 Å². The summed E-state index contributed by atoms with van der Waals surface area (Å²) in [7, 11) is 3.20. The van der Waals surface area contributed by atoms with Crippen molar-refractivity contribution in [3.8, 4) is 11.5 Å². The highest BCUT2D eigenvalue weighted by Crippen LogP contribution is 2.19. The van der Waals surface area contributed by atoms with E-state index in [0.717, 1.165) is 11.1 Å². The second-order valence-corrected chi connectivity index (χ2v) is 12.5. The summed E-state index contributed by atoms with van der Waals surface area (Å²) >= 11 is 0. The van der Waals surface area contributed by atoms with E-state index < -0.39 is 36.1 Å². The molecular formula is C42H52N2O10. The Bertz CT molecular complexity index is 1540. The molecule has 4 N–H and O–H groups in total. The van der Waals surface area contributed by atoms with Crippen LogP contribution in [0.25, 0.3) is 0 Å². The predicted molar refractivity (Wildman–Crippen MR) is 204 cm³/mol. The van der Waals surface area contributed by atoms with Gasteiger partial charge in [-0.05, 0) is 60.4 Å². The number of aliphatic hydroxyl groups is 2. The Balaban J connectivity index is 1.49. The standard InChI is InChI=1S/C42H52N2O10/c1-49-19-21-51-23-25-53-35-17-9-15-33(29-35)41(47)43-37(27-31-11-5-3-6-12-31)39(45)40(46)38(28-32-13-7-4-8-14-32)44-42(48)34-16-10-18-36(30-34)54-26-24-52-22-20-50-2/h3-18,29-30,37-40,45-46H,19-28H2,1-2H3,(H,43,47)(H,44,48)/t37-,38+,39-,40+. The van der Waals surface area contributed by atoms with Gasteiger partial charge in [0.15, 0.2) is 0 Å². The monoisotopic (exact) mass is 744 g/mol. The maximum absolute atomic E-state index is 13.7. The van der Waals surface area contributed by atoms with Crippen LogP contribution in [-0.2, 0) is 31.8 Å². The number of ether oxygens (including phenoxy) is 6. The molecule has 0 aliphatic rings. The lowest BCUT2D eigenvalue weighted by Crippen LogP contribution is -2.57. The molecule has 12 nitrogen and oxygen atoms in total. The van der Waals surface area contributed by atoms with E-state index in [0.29, 0.717) is 62.3 Å². The summed E-state index contributed by atoms with van der Waals surface area (Å²) < 4.78 is 32.4. The molecule has 0 saturated heterocycles. The molecule has 2 amide bonds. The third-order valence-electron chi connectivity index (χ3n) is 8.45. The van der Waals surface area contributed by atoms with Gasteiger partial charge in [0.1, 0.15) is 36.9 Å². The molecule has 0 heterocycles. The van der Waals surface area contributed by atoms with Gasteiger partial charge in [0.25, 0.3) is 11.8 Å². The number of carbonyl (C=O) groups excluding carboxylic acids is 2. The van der Waals surface area contributed by atoms with Gasteiger partial charge in [0.05, 0.1) is 51.7 Å². The Morgan fingerprint density at radius 1 is 0.519 bits per heavy atom. The first-order chi connectivity index (χ1) is 26.4. The van der Waals surface area contributed by atoms with Gasteiger partial charge in [0.2, 0.25) is 0 Å². The summed E-state index contributed by atoms with van der Waals surface area (Å²) in [5, 5.41) is 29.6. The quantitative estimate of drug-likeness (QED) is 0.0736. The van der Waals surface area contributed by atoms with E-state index in [-0.39, 0.29) is 26.1 Å². The minimum atomic E-state index is -1.49. The minimum Gasteiger partial charge on any atom is -0.491 e. The van der Waals surface area contributed by atoms with Crippen molar-refractivity contribution in [2.24, 2.45) is 0 Å². The largest absolute Gasteiger partial charge is 0.491 e. The lowest BCUT2D eigenvalue weighted by atomic mass is 9.90. The number of hydrogen-bond donors (Lipinski definition) is 4. The van der Waals surface area contributed by atoms with Gasteiger partial charge in [-0.15, -0.1) is 0 Å². The minimum absolute atomic E-state index is 0.209. The molecule has 0 bridgehead atoms. The van der Waals surface area contributed by atoms with E-state index >= 15 is 0 Å². The van der Waals surface area contributed by atoms with E-state index in [1.165, 1.54) is 0 Å². The summed E-state index contributed by atoms with van der Waals surface area (Å²) in [6, 6.07) is 30.2. The Morgan fingerprint density at radius 3 is 1.30 bits per heavy atom. The normalized spacial score (nSPS) is 13.3. The number of nitrogens with one attached hydrogen (secondary N) is 2. The lowest BCUT2D eigenvalue weighted by Gasteiger charge is -2.33. The highest BCUT2D eigenvalue weighted by atomic mass is 16.5. The van der Waals surface area contributed by atoms with Crippen LogP contribution in [0.2, 0.25) is 0 Å². The molecule has 0 aliphatic carbocycles. The molecule has 0 fully saturated rings. The van der Waals surface area contributed by atoms with Crippen molar-refractivity contribution in [2.75, 3.05) is 67.1 Å². The van der Waals surface area contributed by atoms with E-state index in [2.05, 4.69) is 10.6 Å². The topological polar surface area (TPSA) is 154 Å². The zero-order valence-corrected chi connectivity index (χ0v) is 30.9. The van der Waals surface area contributed by atoms with E-state index in [9.17, 15) is 19.8 Å². The smallest absolute Gasteiger partial charge is 0.251 e. The Kier molecular flexibility index (Phi) is 18.5. The molecule has 0 unspecified atom stereocenters. The SMILES string of the molecule is COCCOCCOc1cccc(C(=O)N[C@@H](Cc2ccccc2)[C@H](O)[C@H](O)[C@@H](Cc2ccccc2)NC(=O)c2cccc(OCCOCCOC)c2)c1. The lowest BCUT2D eigenvalue weighted by molar-refractivity contribution is -0.0219. The Hall–Kier alpha value is -4.82. The highest BCUT2D eigenvalue weighted by molar-refractivity contribution is 5.95. The number of carbonyl (C=O) groups is 2. The molecule has 4 atom stereocenters. The van der Waals surface area contributed by atoms with Crippen LogP contribution in [0.1, 0.15) is 31.8 Å². The third-order valence-corrected chi connectivity index (χ3v) is 8.45. The van der Waals surface area contributed by atoms with Crippen LogP contribution in [0.4, 0.5) is 0 Å². The van der Waals surface area contributed by atoms with Crippen molar-refractivity contribution in [2.45, 2.75) is 37.1 Å². The number of benzene rings is 4. The van der Waals surface area contributed by atoms with Crippen LogP contribution in [0, 0.1) is 0 Å². The Morgan fingerprint density at radius 2 is 0.907 bits per heavy atom. The number of aliphatic hydroxyl groups excluding tert-OH is 2. The van der Waals surface area contributed by atoms with Crippen LogP contribution >= 0.6 is 0 Å². The average molecular weight is 745 g/mol. The maximum Gasteiger partial charge on any atom is 0.251 e. The van der Waals surface area contributed by atoms with Crippen LogP contribution in [0.3, 0.4) is 0 Å². The summed E-state index contributed by atoms with van der Waals surface area (Å²) in [5.74, 6) is 0.0319. The summed E-state index contributed by atoms with van der Waals surface area (Å²) in [4.78, 5) is 27.4. The number of rotatable bonds is 25. The van der Waals surface area contributed by atoms with Crippen molar-refractivity contribution in [1.29, 1.82) is 0 Å².